The fourth-order valence-electron chi connectivity index (χ4n) is 1.49. The van der Waals surface area contributed by atoms with Crippen molar-refractivity contribution in [3.8, 4) is 0 Å². The fraction of sp³-hybridized carbons (Fsp3) is 0.0769. The van der Waals surface area contributed by atoms with Crippen molar-refractivity contribution < 1.29 is 4.39 Å². The van der Waals surface area contributed by atoms with E-state index >= 15 is 0 Å². The van der Waals surface area contributed by atoms with E-state index in [1.54, 1.807) is 6.07 Å². The zero-order chi connectivity index (χ0) is 11.5. The lowest BCUT2D eigenvalue weighted by molar-refractivity contribution is 0.627. The van der Waals surface area contributed by atoms with Gasteiger partial charge in [0.1, 0.15) is 5.82 Å². The molecule has 0 radical (unpaired) electrons. The molecule has 0 aliphatic rings. The van der Waals surface area contributed by atoms with Gasteiger partial charge in [0.2, 0.25) is 0 Å². The minimum atomic E-state index is -0.315. The predicted molar refractivity (Wildman–Crippen MR) is 65.7 cm³/mol. The highest BCUT2D eigenvalue weighted by atomic mass is 35.5. The van der Waals surface area contributed by atoms with Crippen LogP contribution in [-0.4, -0.2) is 0 Å². The van der Waals surface area contributed by atoms with E-state index in [4.69, 9.17) is 23.2 Å². The molecule has 0 spiro atoms. The minimum absolute atomic E-state index is 0.315. The smallest absolute Gasteiger partial charge is 0.124 e. The summed E-state index contributed by atoms with van der Waals surface area (Å²) in [4.78, 5) is 0. The molecule has 0 saturated heterocycles. The maximum atomic E-state index is 12.8. The quantitative estimate of drug-likeness (QED) is 0.728. The zero-order valence-corrected chi connectivity index (χ0v) is 9.89. The second-order valence-corrected chi connectivity index (χ2v) is 4.38. The van der Waals surface area contributed by atoms with Gasteiger partial charge in [-0.3, -0.25) is 0 Å². The Hall–Kier alpha value is -1.05. The van der Waals surface area contributed by atoms with Gasteiger partial charge in [0.15, 0.2) is 0 Å². The first-order chi connectivity index (χ1) is 7.65. The van der Waals surface area contributed by atoms with Gasteiger partial charge in [-0.05, 0) is 41.8 Å². The third-order valence-corrected chi connectivity index (χ3v) is 2.93. The van der Waals surface area contributed by atoms with Gasteiger partial charge >= 0.3 is 0 Å². The Morgan fingerprint density at radius 2 is 1.62 bits per heavy atom. The molecule has 0 aliphatic heterocycles. The summed E-state index contributed by atoms with van der Waals surface area (Å²) in [5, 5.41) is 1.16. The molecule has 0 heterocycles. The highest BCUT2D eigenvalue weighted by Crippen LogP contribution is 2.21. The maximum absolute atomic E-state index is 12.8. The van der Waals surface area contributed by atoms with Crippen LogP contribution in [0.5, 0.6) is 0 Å². The molecule has 2 rings (SSSR count). The Bertz CT molecular complexity index is 492. The van der Waals surface area contributed by atoms with E-state index in [2.05, 4.69) is 0 Å². The summed E-state index contributed by atoms with van der Waals surface area (Å²) in [6, 6.07) is 12.0. The standard InChI is InChI=1S/C13H9Cl2F/c14-11-4-1-9(2-5-11)7-10-3-6-12(16)8-13(10)15/h1-6,8H,7H2. The van der Waals surface area contributed by atoms with Crippen LogP contribution in [0.15, 0.2) is 42.5 Å². The Morgan fingerprint density at radius 3 is 2.25 bits per heavy atom. The largest absolute Gasteiger partial charge is 0.207 e. The number of hydrogen-bond acceptors (Lipinski definition) is 0. The number of benzene rings is 2. The monoisotopic (exact) mass is 254 g/mol. The second-order valence-electron chi connectivity index (χ2n) is 3.54. The van der Waals surface area contributed by atoms with Gasteiger partial charge in [0.25, 0.3) is 0 Å². The molecular formula is C13H9Cl2F. The fourth-order valence-corrected chi connectivity index (χ4v) is 1.85. The Kier molecular flexibility index (Phi) is 3.47. The van der Waals surface area contributed by atoms with Crippen molar-refractivity contribution in [2.24, 2.45) is 0 Å². The zero-order valence-electron chi connectivity index (χ0n) is 8.38. The average Bonchev–Trinajstić information content (AvgIpc) is 2.25. The van der Waals surface area contributed by atoms with Crippen molar-refractivity contribution in [2.45, 2.75) is 6.42 Å². The lowest BCUT2D eigenvalue weighted by Gasteiger charge is -2.04. The van der Waals surface area contributed by atoms with Crippen molar-refractivity contribution >= 4 is 23.2 Å². The molecule has 16 heavy (non-hydrogen) atoms. The van der Waals surface area contributed by atoms with Crippen molar-refractivity contribution in [3.05, 3.63) is 69.5 Å². The van der Waals surface area contributed by atoms with Gasteiger partial charge in [-0.2, -0.15) is 0 Å². The number of rotatable bonds is 2. The van der Waals surface area contributed by atoms with Crippen LogP contribution in [0.25, 0.3) is 0 Å². The summed E-state index contributed by atoms with van der Waals surface area (Å²) in [6.45, 7) is 0. The van der Waals surface area contributed by atoms with Crippen LogP contribution in [0.2, 0.25) is 10.0 Å². The van der Waals surface area contributed by atoms with Crippen LogP contribution in [0.3, 0.4) is 0 Å². The highest BCUT2D eigenvalue weighted by Gasteiger charge is 2.03. The third kappa shape index (κ3) is 2.75. The molecule has 2 aromatic rings. The molecule has 0 saturated carbocycles. The molecule has 0 atom stereocenters. The molecule has 0 bridgehead atoms. The van der Waals surface area contributed by atoms with E-state index in [0.717, 1.165) is 11.1 Å². The first-order valence-electron chi connectivity index (χ1n) is 4.83. The van der Waals surface area contributed by atoms with Gasteiger partial charge < -0.3 is 0 Å². The van der Waals surface area contributed by atoms with Crippen LogP contribution < -0.4 is 0 Å². The Labute approximate surface area is 104 Å². The van der Waals surface area contributed by atoms with E-state index in [1.807, 2.05) is 24.3 Å². The van der Waals surface area contributed by atoms with Crippen LogP contribution in [0.4, 0.5) is 4.39 Å². The molecule has 0 fully saturated rings. The first-order valence-corrected chi connectivity index (χ1v) is 5.59. The van der Waals surface area contributed by atoms with Gasteiger partial charge in [0.05, 0.1) is 0 Å². The molecule has 0 unspecified atom stereocenters. The van der Waals surface area contributed by atoms with Crippen molar-refractivity contribution in [3.63, 3.8) is 0 Å². The minimum Gasteiger partial charge on any atom is -0.207 e. The summed E-state index contributed by atoms with van der Waals surface area (Å²) in [5.74, 6) is -0.315. The van der Waals surface area contributed by atoms with Crippen LogP contribution in [0, 0.1) is 5.82 Å². The highest BCUT2D eigenvalue weighted by molar-refractivity contribution is 6.31. The Morgan fingerprint density at radius 1 is 0.938 bits per heavy atom. The summed E-state index contributed by atoms with van der Waals surface area (Å²) in [6.07, 6.45) is 0.677. The van der Waals surface area contributed by atoms with Gasteiger partial charge in [-0.25, -0.2) is 4.39 Å². The lowest BCUT2D eigenvalue weighted by Crippen LogP contribution is -1.90. The van der Waals surface area contributed by atoms with Crippen LogP contribution in [0.1, 0.15) is 11.1 Å². The molecule has 2 aromatic carbocycles. The molecule has 0 nitrogen and oxygen atoms in total. The van der Waals surface area contributed by atoms with E-state index in [1.165, 1.54) is 12.1 Å². The second kappa shape index (κ2) is 4.86. The van der Waals surface area contributed by atoms with Gasteiger partial charge in [-0.1, -0.05) is 41.4 Å². The van der Waals surface area contributed by atoms with E-state index in [9.17, 15) is 4.39 Å². The molecule has 0 aliphatic carbocycles. The summed E-state index contributed by atoms with van der Waals surface area (Å²) in [7, 11) is 0. The van der Waals surface area contributed by atoms with Crippen LogP contribution >= 0.6 is 23.2 Å². The molecule has 0 N–H and O–H groups in total. The molecule has 3 heteroatoms. The molecule has 0 amide bonds. The van der Waals surface area contributed by atoms with E-state index < -0.39 is 0 Å². The average molecular weight is 255 g/mol. The number of hydrogen-bond donors (Lipinski definition) is 0. The van der Waals surface area contributed by atoms with Crippen molar-refractivity contribution in [1.82, 2.24) is 0 Å². The summed E-state index contributed by atoms with van der Waals surface area (Å²) in [5.41, 5.74) is 2.00. The van der Waals surface area contributed by atoms with E-state index in [-0.39, 0.29) is 5.82 Å². The van der Waals surface area contributed by atoms with Gasteiger partial charge in [0, 0.05) is 10.0 Å². The molecule has 82 valence electrons. The Balaban J connectivity index is 2.23. The SMILES string of the molecule is Fc1ccc(Cc2ccc(Cl)cc2)c(Cl)c1. The maximum Gasteiger partial charge on any atom is 0.124 e. The molecule has 0 aromatic heterocycles. The molecular weight excluding hydrogens is 246 g/mol. The normalized spacial score (nSPS) is 10.4. The summed E-state index contributed by atoms with van der Waals surface area (Å²) >= 11 is 11.7. The van der Waals surface area contributed by atoms with E-state index in [0.29, 0.717) is 16.5 Å². The van der Waals surface area contributed by atoms with Crippen LogP contribution in [-0.2, 0) is 6.42 Å². The predicted octanol–water partition coefficient (Wildman–Crippen LogP) is 4.72. The van der Waals surface area contributed by atoms with Crippen molar-refractivity contribution in [2.75, 3.05) is 0 Å². The van der Waals surface area contributed by atoms with Gasteiger partial charge in [-0.15, -0.1) is 0 Å². The van der Waals surface area contributed by atoms with Crippen molar-refractivity contribution in [1.29, 1.82) is 0 Å². The number of halogens is 3. The lowest BCUT2D eigenvalue weighted by atomic mass is 10.1. The first kappa shape index (κ1) is 11.4. The summed E-state index contributed by atoms with van der Waals surface area (Å²) < 4.78 is 12.8. The third-order valence-electron chi connectivity index (χ3n) is 2.32. The topological polar surface area (TPSA) is 0 Å².